The molecule has 136 valence electrons. The second-order valence-electron chi connectivity index (χ2n) is 6.02. The number of fused-ring (bicyclic) bond motifs is 1. The highest BCUT2D eigenvalue weighted by Crippen LogP contribution is 2.30. The maximum Gasteiger partial charge on any atom is 0.244 e. The van der Waals surface area contributed by atoms with Gasteiger partial charge in [-0.3, -0.25) is 9.59 Å². The molecule has 2 heterocycles. The molecule has 3 N–H and O–H groups in total. The maximum absolute atomic E-state index is 12.7. The zero-order valence-electron chi connectivity index (χ0n) is 14.3. The molecular weight excluding hydrogens is 362 g/mol. The van der Waals surface area contributed by atoms with Crippen LogP contribution in [0.4, 0.5) is 11.4 Å². The number of thioether (sulfide) groups is 1. The van der Waals surface area contributed by atoms with Gasteiger partial charge < -0.3 is 16.1 Å². The normalized spacial score (nSPS) is 13.2. The van der Waals surface area contributed by atoms with Crippen LogP contribution in [0, 0.1) is 0 Å². The molecule has 0 spiro atoms. The van der Waals surface area contributed by atoms with Crippen molar-refractivity contribution >= 4 is 35.0 Å². The highest BCUT2D eigenvalue weighted by atomic mass is 32.2. The second kappa shape index (κ2) is 7.16. The smallest absolute Gasteiger partial charge is 0.244 e. The molecule has 0 atom stereocenters. The fourth-order valence-electron chi connectivity index (χ4n) is 2.89. The van der Waals surface area contributed by atoms with Gasteiger partial charge in [0.05, 0.1) is 29.0 Å². The summed E-state index contributed by atoms with van der Waals surface area (Å²) in [5, 5.41) is 3.31. The van der Waals surface area contributed by atoms with Crippen LogP contribution < -0.4 is 16.1 Å². The number of benzene rings is 2. The molecule has 0 bridgehead atoms. The Kier molecular flexibility index (Phi) is 4.55. The third-order valence-electron chi connectivity index (χ3n) is 4.16. The molecule has 0 aliphatic carbocycles. The summed E-state index contributed by atoms with van der Waals surface area (Å²) in [4.78, 5) is 30.6. The summed E-state index contributed by atoms with van der Waals surface area (Å²) in [6.07, 6.45) is 1.73. The van der Waals surface area contributed by atoms with E-state index in [1.807, 2.05) is 48.5 Å². The van der Waals surface area contributed by atoms with Gasteiger partial charge in [-0.25, -0.2) is 9.66 Å². The van der Waals surface area contributed by atoms with E-state index in [-0.39, 0.29) is 24.1 Å². The molecule has 0 unspecified atom stereocenters. The van der Waals surface area contributed by atoms with Crippen molar-refractivity contribution in [3.05, 3.63) is 60.8 Å². The lowest BCUT2D eigenvalue weighted by molar-refractivity contribution is -0.120. The zero-order valence-corrected chi connectivity index (χ0v) is 15.1. The summed E-state index contributed by atoms with van der Waals surface area (Å²) in [6.45, 7) is 0.00272. The second-order valence-corrected chi connectivity index (χ2v) is 6.96. The average molecular weight is 379 g/mol. The SMILES string of the molecule is Nn1cc(-c2ccccc2)nc1SCC(=O)N1CC(=O)Nc2ccccc21. The Bertz CT molecular complexity index is 1000. The fraction of sp³-hybridized carbons (Fsp3) is 0.105. The van der Waals surface area contributed by atoms with Crippen molar-refractivity contribution in [2.75, 3.05) is 28.4 Å². The van der Waals surface area contributed by atoms with Crippen molar-refractivity contribution in [2.24, 2.45) is 0 Å². The Morgan fingerprint density at radius 2 is 1.89 bits per heavy atom. The molecule has 4 rings (SSSR count). The van der Waals surface area contributed by atoms with Gasteiger partial charge in [-0.1, -0.05) is 54.2 Å². The van der Waals surface area contributed by atoms with Gasteiger partial charge in [0.1, 0.15) is 6.54 Å². The summed E-state index contributed by atoms with van der Waals surface area (Å²) in [5.74, 6) is 5.73. The lowest BCUT2D eigenvalue weighted by atomic mass is 10.2. The predicted molar refractivity (Wildman–Crippen MR) is 106 cm³/mol. The fourth-order valence-corrected chi connectivity index (χ4v) is 3.66. The molecule has 27 heavy (non-hydrogen) atoms. The lowest BCUT2D eigenvalue weighted by Crippen LogP contribution is -2.43. The number of amides is 2. The molecule has 3 aromatic rings. The van der Waals surface area contributed by atoms with Crippen molar-refractivity contribution in [3.63, 3.8) is 0 Å². The summed E-state index contributed by atoms with van der Waals surface area (Å²) >= 11 is 1.24. The van der Waals surface area contributed by atoms with Gasteiger partial charge in [0.15, 0.2) is 5.16 Å². The van der Waals surface area contributed by atoms with Crippen LogP contribution in [0.5, 0.6) is 0 Å². The number of rotatable bonds is 4. The first-order valence-electron chi connectivity index (χ1n) is 8.34. The molecule has 0 saturated heterocycles. The molecule has 2 amide bonds. The minimum absolute atomic E-state index is 0.00272. The number of imidazole rings is 1. The van der Waals surface area contributed by atoms with Crippen molar-refractivity contribution in [1.82, 2.24) is 9.66 Å². The lowest BCUT2D eigenvalue weighted by Gasteiger charge is -2.29. The van der Waals surface area contributed by atoms with Crippen LogP contribution in [-0.2, 0) is 9.59 Å². The van der Waals surface area contributed by atoms with Crippen LogP contribution in [0.25, 0.3) is 11.3 Å². The van der Waals surface area contributed by atoms with Crippen molar-refractivity contribution in [2.45, 2.75) is 5.16 Å². The molecule has 2 aromatic carbocycles. The highest BCUT2D eigenvalue weighted by molar-refractivity contribution is 7.99. The van der Waals surface area contributed by atoms with Crippen LogP contribution in [-0.4, -0.2) is 33.8 Å². The summed E-state index contributed by atoms with van der Waals surface area (Å²) in [5.41, 5.74) is 3.04. The first-order valence-corrected chi connectivity index (χ1v) is 9.32. The number of nitrogen functional groups attached to an aromatic ring is 1. The Morgan fingerprint density at radius 3 is 2.70 bits per heavy atom. The minimum Gasteiger partial charge on any atom is -0.337 e. The van der Waals surface area contributed by atoms with Gasteiger partial charge in [0.2, 0.25) is 11.8 Å². The Labute approximate surface area is 160 Å². The number of nitrogens with two attached hydrogens (primary N) is 1. The number of aromatic nitrogens is 2. The number of carbonyl (C=O) groups is 2. The number of hydrogen-bond donors (Lipinski definition) is 2. The molecule has 0 saturated carbocycles. The third-order valence-corrected chi connectivity index (χ3v) is 5.12. The van der Waals surface area contributed by atoms with Crippen LogP contribution >= 0.6 is 11.8 Å². The Hall–Kier alpha value is -3.26. The molecule has 1 aliphatic rings. The molecular formula is C19H17N5O2S. The quantitative estimate of drug-likeness (QED) is 0.536. The van der Waals surface area contributed by atoms with Crippen LogP contribution in [0.3, 0.4) is 0 Å². The van der Waals surface area contributed by atoms with Crippen LogP contribution in [0.1, 0.15) is 0 Å². The molecule has 0 fully saturated rings. The van der Waals surface area contributed by atoms with E-state index in [1.54, 1.807) is 12.3 Å². The zero-order chi connectivity index (χ0) is 18.8. The standard InChI is InChI=1S/C19H17N5O2S/c20-24-10-15(13-6-2-1-3-7-13)22-19(24)27-12-18(26)23-11-17(25)21-14-8-4-5-9-16(14)23/h1-10H,11-12,20H2,(H,21,25). The van der Waals surface area contributed by atoms with Gasteiger partial charge in [-0.05, 0) is 12.1 Å². The van der Waals surface area contributed by atoms with Gasteiger partial charge in [-0.2, -0.15) is 0 Å². The number of anilines is 2. The number of para-hydroxylation sites is 2. The molecule has 8 heteroatoms. The Morgan fingerprint density at radius 1 is 1.15 bits per heavy atom. The topological polar surface area (TPSA) is 93.2 Å². The van der Waals surface area contributed by atoms with Gasteiger partial charge >= 0.3 is 0 Å². The first kappa shape index (κ1) is 17.2. The summed E-state index contributed by atoms with van der Waals surface area (Å²) in [7, 11) is 0. The number of hydrogen-bond acceptors (Lipinski definition) is 5. The van der Waals surface area contributed by atoms with Crippen LogP contribution in [0.15, 0.2) is 66.0 Å². The average Bonchev–Trinajstić information content (AvgIpc) is 3.07. The van der Waals surface area contributed by atoms with Crippen molar-refractivity contribution < 1.29 is 9.59 Å². The number of nitrogens with zero attached hydrogens (tertiary/aromatic N) is 3. The molecule has 1 aromatic heterocycles. The van der Waals surface area contributed by atoms with Gasteiger partial charge in [0, 0.05) is 5.56 Å². The molecule has 1 aliphatic heterocycles. The van der Waals surface area contributed by atoms with Crippen LogP contribution in [0.2, 0.25) is 0 Å². The van der Waals surface area contributed by atoms with Gasteiger partial charge in [0.25, 0.3) is 0 Å². The van der Waals surface area contributed by atoms with E-state index in [0.29, 0.717) is 16.5 Å². The predicted octanol–water partition coefficient (Wildman–Crippen LogP) is 2.34. The van der Waals surface area contributed by atoms with Crippen molar-refractivity contribution in [1.29, 1.82) is 0 Å². The van der Waals surface area contributed by atoms with E-state index in [4.69, 9.17) is 5.84 Å². The summed E-state index contributed by atoms with van der Waals surface area (Å²) < 4.78 is 1.41. The third kappa shape index (κ3) is 3.52. The highest BCUT2D eigenvalue weighted by Gasteiger charge is 2.26. The van der Waals surface area contributed by atoms with E-state index in [0.717, 1.165) is 11.3 Å². The first-order chi connectivity index (χ1) is 13.1. The van der Waals surface area contributed by atoms with E-state index < -0.39 is 0 Å². The Balaban J connectivity index is 1.49. The van der Waals surface area contributed by atoms with E-state index in [1.165, 1.54) is 21.3 Å². The largest absolute Gasteiger partial charge is 0.337 e. The maximum atomic E-state index is 12.7. The molecule has 0 radical (unpaired) electrons. The monoisotopic (exact) mass is 379 g/mol. The molecule has 7 nitrogen and oxygen atoms in total. The summed E-state index contributed by atoms with van der Waals surface area (Å²) in [6, 6.07) is 16.9. The van der Waals surface area contributed by atoms with Gasteiger partial charge in [-0.15, -0.1) is 0 Å². The number of nitrogens with one attached hydrogen (secondary N) is 1. The van der Waals surface area contributed by atoms with E-state index in [2.05, 4.69) is 10.3 Å². The minimum atomic E-state index is -0.210. The van der Waals surface area contributed by atoms with E-state index in [9.17, 15) is 9.59 Å². The van der Waals surface area contributed by atoms with Crippen molar-refractivity contribution in [3.8, 4) is 11.3 Å². The number of carbonyl (C=O) groups excluding carboxylic acids is 2. The van der Waals surface area contributed by atoms with E-state index >= 15 is 0 Å².